The van der Waals surface area contributed by atoms with Crippen molar-refractivity contribution in [2.24, 2.45) is 0 Å². The number of hydrogen-bond acceptors (Lipinski definition) is 4. The Labute approximate surface area is 140 Å². The van der Waals surface area contributed by atoms with E-state index in [1.807, 2.05) is 7.05 Å². The van der Waals surface area contributed by atoms with E-state index in [0.29, 0.717) is 13.1 Å². The lowest BCUT2D eigenvalue weighted by Crippen LogP contribution is -2.50. The fraction of sp³-hybridized carbons (Fsp3) is 0.500. The van der Waals surface area contributed by atoms with Gasteiger partial charge >= 0.3 is 0 Å². The van der Waals surface area contributed by atoms with E-state index >= 15 is 0 Å². The molecule has 0 aromatic heterocycles. The number of sulfonamides is 1. The molecule has 6 nitrogen and oxygen atoms in total. The van der Waals surface area contributed by atoms with Gasteiger partial charge in [-0.1, -0.05) is 11.6 Å². The van der Waals surface area contributed by atoms with E-state index < -0.39 is 15.8 Å². The van der Waals surface area contributed by atoms with Crippen LogP contribution in [-0.2, 0) is 14.8 Å². The number of benzene rings is 1. The molecule has 0 bridgehead atoms. The van der Waals surface area contributed by atoms with Gasteiger partial charge in [-0.25, -0.2) is 12.8 Å². The maximum Gasteiger partial charge on any atom is 0.243 e. The molecule has 1 aromatic carbocycles. The van der Waals surface area contributed by atoms with Crippen molar-refractivity contribution in [2.75, 3.05) is 50.3 Å². The summed E-state index contributed by atoms with van der Waals surface area (Å²) in [5.41, 5.74) is 0.168. The summed E-state index contributed by atoms with van der Waals surface area (Å²) in [7, 11) is -1.73. The van der Waals surface area contributed by atoms with E-state index in [4.69, 9.17) is 11.6 Å². The number of halogens is 2. The molecule has 0 radical (unpaired) electrons. The molecule has 23 heavy (non-hydrogen) atoms. The number of piperazine rings is 1. The molecule has 0 unspecified atom stereocenters. The number of nitrogens with zero attached hydrogens (tertiary/aromatic N) is 3. The summed E-state index contributed by atoms with van der Waals surface area (Å²) in [6, 6.07) is 3.57. The first kappa shape index (κ1) is 18.0. The molecule has 1 aliphatic heterocycles. The monoisotopic (exact) mass is 363 g/mol. The third kappa shape index (κ3) is 4.55. The molecule has 0 N–H and O–H groups in total. The Balaban J connectivity index is 2.19. The molecule has 1 aromatic rings. The van der Waals surface area contributed by atoms with Crippen LogP contribution in [-0.4, -0.2) is 70.2 Å². The van der Waals surface area contributed by atoms with E-state index in [-0.39, 0.29) is 23.2 Å². The molecule has 0 aliphatic carbocycles. The van der Waals surface area contributed by atoms with Crippen molar-refractivity contribution in [2.45, 2.75) is 0 Å². The van der Waals surface area contributed by atoms with Gasteiger partial charge in [-0.05, 0) is 25.2 Å². The largest absolute Gasteiger partial charge is 0.339 e. The lowest BCUT2D eigenvalue weighted by atomic mass is 10.3. The molecular weight excluding hydrogens is 345 g/mol. The second-order valence-corrected chi connectivity index (χ2v) is 7.87. The zero-order valence-electron chi connectivity index (χ0n) is 13.0. The molecule has 1 aliphatic rings. The van der Waals surface area contributed by atoms with Crippen molar-refractivity contribution in [3.05, 3.63) is 29.0 Å². The number of rotatable bonds is 4. The minimum absolute atomic E-state index is 0.168. The summed E-state index contributed by atoms with van der Waals surface area (Å²) in [6.07, 6.45) is 1.00. The van der Waals surface area contributed by atoms with Gasteiger partial charge in [-0.3, -0.25) is 9.10 Å². The summed E-state index contributed by atoms with van der Waals surface area (Å²) >= 11 is 5.71. The molecular formula is C14H19ClFN3O3S. The Morgan fingerprint density at radius 2 is 1.91 bits per heavy atom. The van der Waals surface area contributed by atoms with E-state index in [1.54, 1.807) is 4.90 Å². The van der Waals surface area contributed by atoms with Crippen molar-refractivity contribution in [3.8, 4) is 0 Å². The molecule has 0 saturated carbocycles. The number of likely N-dealkylation sites (N-methyl/N-ethyl adjacent to an activating group) is 1. The lowest BCUT2D eigenvalue weighted by Gasteiger charge is -2.34. The van der Waals surface area contributed by atoms with Gasteiger partial charge in [-0.15, -0.1) is 0 Å². The number of amides is 1. The van der Waals surface area contributed by atoms with Crippen LogP contribution in [0.2, 0.25) is 5.02 Å². The number of anilines is 1. The Bertz CT molecular complexity index is 691. The Hall–Kier alpha value is -1.38. The second-order valence-electron chi connectivity index (χ2n) is 5.55. The van der Waals surface area contributed by atoms with Crippen LogP contribution in [0.15, 0.2) is 18.2 Å². The summed E-state index contributed by atoms with van der Waals surface area (Å²) < 4.78 is 38.2. The molecule has 1 heterocycles. The van der Waals surface area contributed by atoms with Gasteiger partial charge in [0.1, 0.15) is 12.4 Å². The van der Waals surface area contributed by atoms with Gasteiger partial charge in [0, 0.05) is 26.2 Å². The van der Waals surface area contributed by atoms with E-state index in [2.05, 4.69) is 4.90 Å². The lowest BCUT2D eigenvalue weighted by molar-refractivity contribution is -0.131. The van der Waals surface area contributed by atoms with Crippen molar-refractivity contribution in [1.29, 1.82) is 0 Å². The van der Waals surface area contributed by atoms with Crippen LogP contribution >= 0.6 is 11.6 Å². The average Bonchev–Trinajstić information content (AvgIpc) is 2.47. The first-order chi connectivity index (χ1) is 10.7. The smallest absolute Gasteiger partial charge is 0.243 e. The molecule has 9 heteroatoms. The first-order valence-corrected chi connectivity index (χ1v) is 9.30. The van der Waals surface area contributed by atoms with Gasteiger partial charge in [-0.2, -0.15) is 0 Å². The standard InChI is InChI=1S/C14H19ClFN3O3S/c1-17-5-7-18(8-6-17)14(20)10-19(23(2,21)22)11-3-4-13(16)12(15)9-11/h3-4,9H,5-8,10H2,1-2H3. The summed E-state index contributed by atoms with van der Waals surface area (Å²) in [4.78, 5) is 16.1. The third-order valence-electron chi connectivity index (χ3n) is 3.73. The first-order valence-electron chi connectivity index (χ1n) is 7.07. The average molecular weight is 364 g/mol. The third-order valence-corrected chi connectivity index (χ3v) is 5.16. The van der Waals surface area contributed by atoms with Crippen LogP contribution in [0.1, 0.15) is 0 Å². The maximum atomic E-state index is 13.3. The fourth-order valence-electron chi connectivity index (χ4n) is 2.32. The van der Waals surface area contributed by atoms with E-state index in [0.717, 1.165) is 29.7 Å². The summed E-state index contributed by atoms with van der Waals surface area (Å²) in [5.74, 6) is -0.932. The highest BCUT2D eigenvalue weighted by Gasteiger charge is 2.26. The Morgan fingerprint density at radius 3 is 2.43 bits per heavy atom. The van der Waals surface area contributed by atoms with Gasteiger partial charge in [0.05, 0.1) is 17.0 Å². The summed E-state index contributed by atoms with van der Waals surface area (Å²) in [5, 5.41) is -0.191. The SMILES string of the molecule is CN1CCN(C(=O)CN(c2ccc(F)c(Cl)c2)S(C)(=O)=O)CC1. The Kier molecular flexibility index (Phi) is 5.49. The quantitative estimate of drug-likeness (QED) is 0.801. The van der Waals surface area contributed by atoms with Crippen molar-refractivity contribution < 1.29 is 17.6 Å². The van der Waals surface area contributed by atoms with Crippen molar-refractivity contribution in [3.63, 3.8) is 0 Å². The zero-order valence-corrected chi connectivity index (χ0v) is 14.6. The minimum atomic E-state index is -3.70. The molecule has 0 atom stereocenters. The number of hydrogen-bond donors (Lipinski definition) is 0. The highest BCUT2D eigenvalue weighted by Crippen LogP contribution is 2.24. The predicted octanol–water partition coefficient (Wildman–Crippen LogP) is 1.02. The zero-order chi connectivity index (χ0) is 17.2. The van der Waals surface area contributed by atoms with Crippen LogP contribution < -0.4 is 4.31 Å². The van der Waals surface area contributed by atoms with Crippen LogP contribution in [0.3, 0.4) is 0 Å². The number of carbonyl (C=O) groups excluding carboxylic acids is 1. The topological polar surface area (TPSA) is 60.9 Å². The molecule has 128 valence electrons. The van der Waals surface area contributed by atoms with Crippen molar-refractivity contribution in [1.82, 2.24) is 9.80 Å². The normalized spacial score (nSPS) is 16.4. The van der Waals surface area contributed by atoms with Gasteiger partial charge in [0.25, 0.3) is 0 Å². The van der Waals surface area contributed by atoms with Crippen molar-refractivity contribution >= 4 is 33.2 Å². The highest BCUT2D eigenvalue weighted by molar-refractivity contribution is 7.92. The molecule has 1 fully saturated rings. The second kappa shape index (κ2) is 7.02. The molecule has 0 spiro atoms. The van der Waals surface area contributed by atoms with Crippen LogP contribution in [0.5, 0.6) is 0 Å². The van der Waals surface area contributed by atoms with Gasteiger partial charge in [0.2, 0.25) is 15.9 Å². The Morgan fingerprint density at radius 1 is 1.30 bits per heavy atom. The summed E-state index contributed by atoms with van der Waals surface area (Å²) in [6.45, 7) is 2.26. The fourth-order valence-corrected chi connectivity index (χ4v) is 3.34. The van der Waals surface area contributed by atoms with Crippen LogP contribution in [0.25, 0.3) is 0 Å². The number of carbonyl (C=O) groups is 1. The molecule has 1 saturated heterocycles. The van der Waals surface area contributed by atoms with Crippen LogP contribution in [0.4, 0.5) is 10.1 Å². The molecule has 1 amide bonds. The van der Waals surface area contributed by atoms with E-state index in [9.17, 15) is 17.6 Å². The minimum Gasteiger partial charge on any atom is -0.339 e. The van der Waals surface area contributed by atoms with E-state index in [1.165, 1.54) is 12.1 Å². The van der Waals surface area contributed by atoms with Gasteiger partial charge < -0.3 is 9.80 Å². The molecule has 2 rings (SSSR count). The highest BCUT2D eigenvalue weighted by atomic mass is 35.5. The van der Waals surface area contributed by atoms with Gasteiger partial charge in [0.15, 0.2) is 0 Å². The van der Waals surface area contributed by atoms with Crippen LogP contribution in [0, 0.1) is 5.82 Å². The predicted molar refractivity (Wildman–Crippen MR) is 87.7 cm³/mol. The maximum absolute atomic E-state index is 13.3.